The van der Waals surface area contributed by atoms with Crippen LogP contribution in [0.5, 0.6) is 0 Å². The minimum Gasteiger partial charge on any atom is -0.408 e. The second-order valence-corrected chi connectivity index (χ2v) is 6.87. The van der Waals surface area contributed by atoms with E-state index in [1.165, 1.54) is 16.7 Å². The molecule has 0 unspecified atom stereocenters. The van der Waals surface area contributed by atoms with Crippen LogP contribution < -0.4 is 10.5 Å². The van der Waals surface area contributed by atoms with E-state index in [9.17, 15) is 13.2 Å². The largest absolute Gasteiger partial charge is 0.419 e. The van der Waals surface area contributed by atoms with Crippen LogP contribution in [0.2, 0.25) is 0 Å². The molecule has 120 valence electrons. The molecule has 23 heavy (non-hydrogen) atoms. The molecule has 1 atom stereocenters. The minimum atomic E-state index is -3.76. The Hall–Kier alpha value is -2.45. The summed E-state index contributed by atoms with van der Waals surface area (Å²) in [4.78, 5) is 15.6. The summed E-state index contributed by atoms with van der Waals surface area (Å²) in [7, 11) is -2.20. The number of benzene rings is 1. The van der Waals surface area contributed by atoms with Gasteiger partial charge in [-0.15, -0.1) is 0 Å². The smallest absolute Gasteiger partial charge is 0.408 e. The number of oxazole rings is 1. The molecule has 1 N–H and O–H groups in total. The van der Waals surface area contributed by atoms with Crippen molar-refractivity contribution in [3.8, 4) is 0 Å². The molecule has 3 rings (SSSR count). The molecule has 2 heterocycles. The summed E-state index contributed by atoms with van der Waals surface area (Å²) in [5.41, 5.74) is 1.38. The molecule has 0 aliphatic heterocycles. The number of hydrogen-bond donors (Lipinski definition) is 1. The van der Waals surface area contributed by atoms with Crippen molar-refractivity contribution in [2.45, 2.75) is 17.9 Å². The average Bonchev–Trinajstić information content (AvgIpc) is 2.82. The van der Waals surface area contributed by atoms with Crippen molar-refractivity contribution in [1.29, 1.82) is 0 Å². The second-order valence-electron chi connectivity index (χ2n) is 5.15. The Labute approximate surface area is 132 Å². The van der Waals surface area contributed by atoms with E-state index >= 15 is 0 Å². The first kappa shape index (κ1) is 15.4. The zero-order valence-corrected chi connectivity index (χ0v) is 13.4. The SMILES string of the molecule is C[C@@H](NS(=O)(=O)c1ccc2c(c1)oc(=O)n2C)c1ccccn1. The third-order valence-electron chi connectivity index (χ3n) is 3.54. The predicted molar refractivity (Wildman–Crippen MR) is 84.4 cm³/mol. The third-order valence-corrected chi connectivity index (χ3v) is 5.08. The van der Waals surface area contributed by atoms with Crippen LogP contribution >= 0.6 is 0 Å². The van der Waals surface area contributed by atoms with Crippen LogP contribution in [0.1, 0.15) is 18.7 Å². The first-order valence-electron chi connectivity index (χ1n) is 6.91. The second kappa shape index (κ2) is 5.64. The maximum absolute atomic E-state index is 12.5. The quantitative estimate of drug-likeness (QED) is 0.782. The van der Waals surface area contributed by atoms with E-state index in [4.69, 9.17) is 4.42 Å². The van der Waals surface area contributed by atoms with E-state index in [2.05, 4.69) is 9.71 Å². The normalized spacial score (nSPS) is 13.3. The predicted octanol–water partition coefficient (Wildman–Crippen LogP) is 1.57. The van der Waals surface area contributed by atoms with Gasteiger partial charge in [-0.25, -0.2) is 17.9 Å². The van der Waals surface area contributed by atoms with Crippen LogP contribution in [0.25, 0.3) is 11.1 Å². The number of hydrogen-bond acceptors (Lipinski definition) is 5. The van der Waals surface area contributed by atoms with Gasteiger partial charge in [0, 0.05) is 19.3 Å². The summed E-state index contributed by atoms with van der Waals surface area (Å²) in [6, 6.07) is 9.12. The van der Waals surface area contributed by atoms with Gasteiger partial charge in [-0.2, -0.15) is 0 Å². The summed E-state index contributed by atoms with van der Waals surface area (Å²) >= 11 is 0. The molecule has 0 saturated carbocycles. The summed E-state index contributed by atoms with van der Waals surface area (Å²) < 4.78 is 33.9. The molecule has 0 fully saturated rings. The Morgan fingerprint density at radius 1 is 1.26 bits per heavy atom. The number of nitrogens with one attached hydrogen (secondary N) is 1. The van der Waals surface area contributed by atoms with Crippen LogP contribution in [0.15, 0.2) is 56.7 Å². The van der Waals surface area contributed by atoms with E-state index in [1.807, 2.05) is 0 Å². The van der Waals surface area contributed by atoms with Crippen LogP contribution in [0.4, 0.5) is 0 Å². The summed E-state index contributed by atoms with van der Waals surface area (Å²) in [5.74, 6) is -0.538. The van der Waals surface area contributed by atoms with E-state index in [1.54, 1.807) is 44.4 Å². The topological polar surface area (TPSA) is 94.2 Å². The number of aryl methyl sites for hydroxylation is 1. The minimum absolute atomic E-state index is 0.0298. The standard InChI is InChI=1S/C15H15N3O4S/c1-10(12-5-3-4-8-16-12)17-23(20,21)11-6-7-13-14(9-11)22-15(19)18(13)2/h3-10,17H,1-2H3/t10-/m1/s1. The maximum atomic E-state index is 12.5. The molecule has 8 heteroatoms. The molecule has 3 aromatic rings. The number of fused-ring (bicyclic) bond motifs is 1. The Balaban J connectivity index is 1.95. The highest BCUT2D eigenvalue weighted by atomic mass is 32.2. The maximum Gasteiger partial charge on any atom is 0.419 e. The number of pyridine rings is 1. The number of sulfonamides is 1. The van der Waals surface area contributed by atoms with Crippen molar-refractivity contribution in [1.82, 2.24) is 14.3 Å². The highest BCUT2D eigenvalue weighted by Gasteiger charge is 2.20. The van der Waals surface area contributed by atoms with Crippen molar-refractivity contribution in [3.63, 3.8) is 0 Å². The van der Waals surface area contributed by atoms with Gasteiger partial charge in [-0.1, -0.05) is 6.07 Å². The lowest BCUT2D eigenvalue weighted by atomic mass is 10.2. The molecule has 1 aromatic carbocycles. The number of rotatable bonds is 4. The fraction of sp³-hybridized carbons (Fsp3) is 0.200. The molecule has 0 aliphatic carbocycles. The fourth-order valence-corrected chi connectivity index (χ4v) is 3.51. The average molecular weight is 333 g/mol. The van der Waals surface area contributed by atoms with Crippen LogP contribution in [-0.4, -0.2) is 18.0 Å². The number of aromatic nitrogens is 2. The van der Waals surface area contributed by atoms with E-state index in [0.29, 0.717) is 11.2 Å². The molecule has 0 aliphatic rings. The van der Waals surface area contributed by atoms with Crippen molar-refractivity contribution >= 4 is 21.1 Å². The molecule has 0 radical (unpaired) electrons. The van der Waals surface area contributed by atoms with E-state index in [-0.39, 0.29) is 10.5 Å². The lowest BCUT2D eigenvalue weighted by Crippen LogP contribution is -2.27. The Kier molecular flexibility index (Phi) is 3.78. The summed E-state index contributed by atoms with van der Waals surface area (Å²) in [6.07, 6.45) is 1.60. The lowest BCUT2D eigenvalue weighted by molar-refractivity contribution is 0.527. The van der Waals surface area contributed by atoms with Gasteiger partial charge in [0.2, 0.25) is 10.0 Å². The lowest BCUT2D eigenvalue weighted by Gasteiger charge is -2.13. The third kappa shape index (κ3) is 2.90. The van der Waals surface area contributed by atoms with Gasteiger partial charge < -0.3 is 4.42 Å². The zero-order valence-electron chi connectivity index (χ0n) is 12.6. The molecule has 7 nitrogen and oxygen atoms in total. The van der Waals surface area contributed by atoms with Crippen LogP contribution in [0, 0.1) is 0 Å². The fourth-order valence-electron chi connectivity index (χ4n) is 2.27. The number of nitrogens with zero attached hydrogens (tertiary/aromatic N) is 2. The van der Waals surface area contributed by atoms with Gasteiger partial charge in [-0.3, -0.25) is 9.55 Å². The van der Waals surface area contributed by atoms with Gasteiger partial charge in [0.05, 0.1) is 22.1 Å². The van der Waals surface area contributed by atoms with Gasteiger partial charge in [-0.05, 0) is 31.2 Å². The zero-order chi connectivity index (χ0) is 16.6. The monoisotopic (exact) mass is 333 g/mol. The summed E-state index contributed by atoms with van der Waals surface area (Å²) in [5, 5.41) is 0. The Morgan fingerprint density at radius 3 is 2.74 bits per heavy atom. The van der Waals surface area contributed by atoms with E-state index in [0.717, 1.165) is 0 Å². The van der Waals surface area contributed by atoms with Gasteiger partial charge in [0.1, 0.15) is 0 Å². The Bertz CT molecular complexity index is 1010. The van der Waals surface area contributed by atoms with Crippen molar-refractivity contribution in [3.05, 3.63) is 58.8 Å². The first-order chi connectivity index (χ1) is 10.9. The summed E-state index contributed by atoms with van der Waals surface area (Å²) in [6.45, 7) is 1.71. The van der Waals surface area contributed by atoms with Crippen molar-refractivity contribution < 1.29 is 12.8 Å². The molecule has 0 bridgehead atoms. The van der Waals surface area contributed by atoms with Crippen LogP contribution in [0.3, 0.4) is 0 Å². The van der Waals surface area contributed by atoms with Gasteiger partial charge in [0.25, 0.3) is 0 Å². The van der Waals surface area contributed by atoms with Crippen molar-refractivity contribution in [2.75, 3.05) is 0 Å². The molecule has 0 saturated heterocycles. The van der Waals surface area contributed by atoms with Gasteiger partial charge in [0.15, 0.2) is 5.58 Å². The van der Waals surface area contributed by atoms with E-state index < -0.39 is 21.8 Å². The first-order valence-corrected chi connectivity index (χ1v) is 8.39. The molecular formula is C15H15N3O4S. The van der Waals surface area contributed by atoms with Crippen LogP contribution in [-0.2, 0) is 17.1 Å². The molecule has 0 spiro atoms. The molecule has 2 aromatic heterocycles. The molecule has 0 amide bonds. The molecular weight excluding hydrogens is 318 g/mol. The van der Waals surface area contributed by atoms with Crippen molar-refractivity contribution in [2.24, 2.45) is 7.05 Å². The Morgan fingerprint density at radius 2 is 2.04 bits per heavy atom. The van der Waals surface area contributed by atoms with Gasteiger partial charge >= 0.3 is 5.76 Å². The highest BCUT2D eigenvalue weighted by molar-refractivity contribution is 7.89. The highest BCUT2D eigenvalue weighted by Crippen LogP contribution is 2.20.